The highest BCUT2D eigenvalue weighted by Crippen LogP contribution is 2.23. The molecule has 5 N–H and O–H groups in total. The summed E-state index contributed by atoms with van der Waals surface area (Å²) >= 11 is 1.65. The van der Waals surface area contributed by atoms with E-state index in [-0.39, 0.29) is 11.9 Å². The van der Waals surface area contributed by atoms with Crippen molar-refractivity contribution in [1.29, 1.82) is 0 Å². The number of aryl methyl sites for hydroxylation is 1. The molecule has 0 spiro atoms. The molecule has 0 saturated heterocycles. The first kappa shape index (κ1) is 18.2. The third-order valence-electron chi connectivity index (χ3n) is 3.87. The number of carbonyl (C=O) groups is 2. The quantitative estimate of drug-likeness (QED) is 0.715. The lowest BCUT2D eigenvalue weighted by Crippen LogP contribution is -2.92. The molecule has 2 rings (SSSR count). The van der Waals surface area contributed by atoms with Crippen LogP contribution in [-0.4, -0.2) is 18.0 Å². The Bertz CT molecular complexity index is 668. The third kappa shape index (κ3) is 4.91. The number of amides is 3. The number of carbonyl (C=O) groups excluding carboxylic acids is 2. The molecule has 24 heavy (non-hydrogen) atoms. The van der Waals surface area contributed by atoms with Crippen molar-refractivity contribution < 1.29 is 14.9 Å². The van der Waals surface area contributed by atoms with E-state index in [1.807, 2.05) is 16.8 Å². The molecular formula is C18H24N3O2S+. The summed E-state index contributed by atoms with van der Waals surface area (Å²) in [4.78, 5) is 24.0. The van der Waals surface area contributed by atoms with Crippen LogP contribution in [-0.2, 0) is 11.2 Å². The van der Waals surface area contributed by atoms with E-state index in [1.54, 1.807) is 18.3 Å². The Balaban J connectivity index is 2.19. The van der Waals surface area contributed by atoms with E-state index in [4.69, 9.17) is 5.73 Å². The summed E-state index contributed by atoms with van der Waals surface area (Å²) in [5, 5.41) is 6.12. The maximum Gasteiger partial charge on any atom is 0.319 e. The predicted octanol–water partition coefficient (Wildman–Crippen LogP) is 1.94. The number of nitrogens with one attached hydrogen (secondary N) is 1. The third-order valence-corrected chi connectivity index (χ3v) is 4.82. The minimum atomic E-state index is -0.822. The number of rotatable bonds is 7. The van der Waals surface area contributed by atoms with Crippen LogP contribution < -0.4 is 16.4 Å². The van der Waals surface area contributed by atoms with Crippen LogP contribution in [0.25, 0.3) is 0 Å². The largest absolute Gasteiger partial charge is 0.351 e. The second kappa shape index (κ2) is 8.61. The van der Waals surface area contributed by atoms with Crippen molar-refractivity contribution >= 4 is 23.3 Å². The van der Waals surface area contributed by atoms with E-state index in [2.05, 4.69) is 42.6 Å². The molecule has 128 valence electrons. The molecule has 2 atom stereocenters. The van der Waals surface area contributed by atoms with E-state index < -0.39 is 12.1 Å². The summed E-state index contributed by atoms with van der Waals surface area (Å²) in [6.07, 6.45) is 2.18. The van der Waals surface area contributed by atoms with Crippen molar-refractivity contribution in [3.8, 4) is 0 Å². The number of nitrogens with two attached hydrogens (primary N) is 2. The predicted molar refractivity (Wildman–Crippen MR) is 95.7 cm³/mol. The Hall–Kier alpha value is -2.18. The average Bonchev–Trinajstić information content (AvgIpc) is 3.07. The Labute approximate surface area is 146 Å². The Morgan fingerprint density at radius 3 is 2.50 bits per heavy atom. The van der Waals surface area contributed by atoms with Gasteiger partial charge in [0, 0.05) is 5.56 Å². The summed E-state index contributed by atoms with van der Waals surface area (Å²) in [5.74, 6) is -0.383. The fourth-order valence-corrected chi connectivity index (χ4v) is 3.46. The van der Waals surface area contributed by atoms with E-state index >= 15 is 0 Å². The second-order valence-electron chi connectivity index (χ2n) is 5.82. The maximum atomic E-state index is 12.0. The Kier molecular flexibility index (Phi) is 6.52. The molecule has 0 unspecified atom stereocenters. The SMILES string of the molecule is CCCc1ccc([C@H]([NH2+][C@@H](C)C(=O)NC(N)=O)c2cccs2)cc1. The first-order chi connectivity index (χ1) is 11.5. The highest BCUT2D eigenvalue weighted by atomic mass is 32.1. The number of thiophene rings is 1. The van der Waals surface area contributed by atoms with E-state index in [9.17, 15) is 9.59 Å². The van der Waals surface area contributed by atoms with Crippen LogP contribution in [0, 0.1) is 0 Å². The number of hydrogen-bond donors (Lipinski definition) is 3. The van der Waals surface area contributed by atoms with Crippen LogP contribution >= 0.6 is 11.3 Å². The first-order valence-electron chi connectivity index (χ1n) is 8.08. The van der Waals surface area contributed by atoms with Crippen molar-refractivity contribution in [2.24, 2.45) is 5.73 Å². The number of primary amides is 1. The standard InChI is InChI=1S/C18H23N3O2S/c1-3-5-13-7-9-14(10-8-13)16(15-6-4-11-24-15)20-12(2)17(22)21-18(19)23/h4,6-12,16,20H,3,5H2,1-2H3,(H3,19,21,22,23)/p+1/t12-,16-/m0/s1. The average molecular weight is 346 g/mol. The number of urea groups is 1. The molecule has 5 nitrogen and oxygen atoms in total. The van der Waals surface area contributed by atoms with Gasteiger partial charge in [0.05, 0.1) is 4.88 Å². The van der Waals surface area contributed by atoms with Crippen LogP contribution in [0.3, 0.4) is 0 Å². The molecule has 0 aliphatic rings. The van der Waals surface area contributed by atoms with Gasteiger partial charge in [-0.2, -0.15) is 0 Å². The van der Waals surface area contributed by atoms with Crippen molar-refractivity contribution in [2.75, 3.05) is 0 Å². The molecule has 3 amide bonds. The lowest BCUT2D eigenvalue weighted by molar-refractivity contribution is -0.704. The number of hydrogen-bond acceptors (Lipinski definition) is 3. The second-order valence-corrected chi connectivity index (χ2v) is 6.80. The maximum absolute atomic E-state index is 12.0. The van der Waals surface area contributed by atoms with Gasteiger partial charge in [-0.05, 0) is 30.4 Å². The molecule has 0 aliphatic heterocycles. The molecule has 0 bridgehead atoms. The summed E-state index contributed by atoms with van der Waals surface area (Å²) in [7, 11) is 0. The molecule has 0 aliphatic carbocycles. The summed E-state index contributed by atoms with van der Waals surface area (Å²) < 4.78 is 0. The zero-order valence-corrected chi connectivity index (χ0v) is 14.8. The van der Waals surface area contributed by atoms with E-state index in [0.717, 1.165) is 23.3 Å². The van der Waals surface area contributed by atoms with Crippen LogP contribution in [0.2, 0.25) is 0 Å². The smallest absolute Gasteiger partial charge is 0.319 e. The first-order valence-corrected chi connectivity index (χ1v) is 8.96. The molecule has 1 heterocycles. The van der Waals surface area contributed by atoms with Gasteiger partial charge in [-0.25, -0.2) is 4.79 Å². The van der Waals surface area contributed by atoms with Gasteiger partial charge >= 0.3 is 6.03 Å². The molecular weight excluding hydrogens is 322 g/mol. The van der Waals surface area contributed by atoms with Gasteiger partial charge in [0.2, 0.25) is 0 Å². The Morgan fingerprint density at radius 2 is 1.96 bits per heavy atom. The van der Waals surface area contributed by atoms with Gasteiger partial charge in [0.1, 0.15) is 6.04 Å². The molecule has 1 aromatic heterocycles. The summed E-state index contributed by atoms with van der Waals surface area (Å²) in [6, 6.07) is 11.3. The van der Waals surface area contributed by atoms with Crippen LogP contribution in [0.15, 0.2) is 41.8 Å². The van der Waals surface area contributed by atoms with Crippen LogP contribution in [0.1, 0.15) is 42.3 Å². The molecule has 0 saturated carbocycles. The number of quaternary nitrogens is 1. The lowest BCUT2D eigenvalue weighted by atomic mass is 10.0. The monoisotopic (exact) mass is 346 g/mol. The molecule has 6 heteroatoms. The van der Waals surface area contributed by atoms with Gasteiger partial charge < -0.3 is 11.1 Å². The fraction of sp³-hybridized carbons (Fsp3) is 0.333. The van der Waals surface area contributed by atoms with Gasteiger partial charge in [-0.1, -0.05) is 43.7 Å². The molecule has 0 fully saturated rings. The van der Waals surface area contributed by atoms with Crippen molar-refractivity contribution in [2.45, 2.75) is 38.8 Å². The summed E-state index contributed by atoms with van der Waals surface area (Å²) in [5.41, 5.74) is 7.48. The van der Waals surface area contributed by atoms with Crippen LogP contribution in [0.5, 0.6) is 0 Å². The lowest BCUT2D eigenvalue weighted by Gasteiger charge is -2.19. The highest BCUT2D eigenvalue weighted by Gasteiger charge is 2.26. The van der Waals surface area contributed by atoms with Gasteiger partial charge in [-0.3, -0.25) is 10.1 Å². The van der Waals surface area contributed by atoms with Gasteiger partial charge in [-0.15, -0.1) is 11.3 Å². The molecule has 1 aromatic carbocycles. The number of imide groups is 1. The van der Waals surface area contributed by atoms with Crippen molar-refractivity contribution in [3.05, 3.63) is 57.8 Å². The summed E-state index contributed by atoms with van der Waals surface area (Å²) in [6.45, 7) is 3.93. The topological polar surface area (TPSA) is 88.8 Å². The van der Waals surface area contributed by atoms with Gasteiger partial charge in [0.15, 0.2) is 6.04 Å². The fourth-order valence-electron chi connectivity index (χ4n) is 2.63. The van der Waals surface area contributed by atoms with Crippen LogP contribution in [0.4, 0.5) is 4.79 Å². The minimum Gasteiger partial charge on any atom is -0.351 e. The van der Waals surface area contributed by atoms with Crippen molar-refractivity contribution in [3.63, 3.8) is 0 Å². The number of benzene rings is 1. The molecule has 2 aromatic rings. The van der Waals surface area contributed by atoms with Gasteiger partial charge in [0.25, 0.3) is 5.91 Å². The minimum absolute atomic E-state index is 0.00861. The highest BCUT2D eigenvalue weighted by molar-refractivity contribution is 7.10. The van der Waals surface area contributed by atoms with E-state index in [0.29, 0.717) is 0 Å². The molecule has 0 radical (unpaired) electrons. The zero-order chi connectivity index (χ0) is 17.5. The zero-order valence-electron chi connectivity index (χ0n) is 14.0. The van der Waals surface area contributed by atoms with Crippen molar-refractivity contribution in [1.82, 2.24) is 5.32 Å². The van der Waals surface area contributed by atoms with E-state index in [1.165, 1.54) is 5.56 Å². The Morgan fingerprint density at radius 1 is 1.25 bits per heavy atom. The normalized spacial score (nSPS) is 13.2.